The molecule has 0 saturated carbocycles. The van der Waals surface area contributed by atoms with E-state index in [1.165, 1.54) is 30.7 Å². The van der Waals surface area contributed by atoms with E-state index in [0.29, 0.717) is 13.2 Å². The van der Waals surface area contributed by atoms with Crippen LogP contribution in [0.4, 0.5) is 11.4 Å². The van der Waals surface area contributed by atoms with Crippen molar-refractivity contribution < 1.29 is 19.3 Å². The summed E-state index contributed by atoms with van der Waals surface area (Å²) in [4.78, 5) is 34.4. The van der Waals surface area contributed by atoms with E-state index in [9.17, 15) is 20.2 Å². The number of aromatic amines is 1. The van der Waals surface area contributed by atoms with Crippen molar-refractivity contribution >= 4 is 34.0 Å². The Morgan fingerprint density at radius 1 is 0.682 bits per heavy atom. The van der Waals surface area contributed by atoms with E-state index in [2.05, 4.69) is 19.9 Å². The minimum Gasteiger partial charge on any atom is -0.487 e. The Balaban J connectivity index is 0.000000156. The smallest absolute Gasteiger partial charge is 0.329 e. The molecule has 1 N–H and O–H groups in total. The molecule has 0 aliphatic rings. The van der Waals surface area contributed by atoms with E-state index in [-0.39, 0.29) is 22.1 Å². The summed E-state index contributed by atoms with van der Waals surface area (Å²) in [7, 11) is 0. The highest BCUT2D eigenvalue weighted by Crippen LogP contribution is 2.26. The van der Waals surface area contributed by atoms with Crippen LogP contribution in [-0.2, 0) is 13.2 Å². The van der Waals surface area contributed by atoms with Crippen LogP contribution in [0.15, 0.2) is 122 Å². The SMILES string of the molecule is O=[N+]([O-])c1cnccc1Cl.O=[N+]([O-])c1cnccc1OCc1ccccc1.c1ccc(COc2ccnc3cc[nH]c23)cc1. The number of halogens is 1. The Hall–Kier alpha value is -5.88. The van der Waals surface area contributed by atoms with Gasteiger partial charge in [-0.3, -0.25) is 35.2 Å². The average molecular weight is 613 g/mol. The number of benzene rings is 2. The number of fused-ring (bicyclic) bond motifs is 1. The lowest BCUT2D eigenvalue weighted by Crippen LogP contribution is -1.99. The van der Waals surface area contributed by atoms with Crippen LogP contribution >= 0.6 is 11.6 Å². The molecule has 6 aromatic rings. The number of ether oxygens (including phenoxy) is 2. The van der Waals surface area contributed by atoms with Crippen LogP contribution in [0.3, 0.4) is 0 Å². The summed E-state index contributed by atoms with van der Waals surface area (Å²) >= 11 is 5.44. The molecular formula is C31H25ClN6O6. The van der Waals surface area contributed by atoms with Gasteiger partial charge in [0.1, 0.15) is 41.9 Å². The number of nitro groups is 2. The van der Waals surface area contributed by atoms with Crippen LogP contribution < -0.4 is 9.47 Å². The molecule has 0 amide bonds. The van der Waals surface area contributed by atoms with E-state index in [1.807, 2.05) is 79.0 Å². The van der Waals surface area contributed by atoms with Crippen molar-refractivity contribution in [2.45, 2.75) is 13.2 Å². The topological polar surface area (TPSA) is 159 Å². The van der Waals surface area contributed by atoms with E-state index >= 15 is 0 Å². The number of nitrogens with zero attached hydrogens (tertiary/aromatic N) is 5. The first-order valence-corrected chi connectivity index (χ1v) is 13.4. The second-order valence-electron chi connectivity index (χ2n) is 8.78. The summed E-state index contributed by atoms with van der Waals surface area (Å²) in [6, 6.07) is 26.3. The molecule has 4 heterocycles. The van der Waals surface area contributed by atoms with Gasteiger partial charge >= 0.3 is 11.4 Å². The number of aromatic nitrogens is 4. The predicted octanol–water partition coefficient (Wildman–Crippen LogP) is 7.35. The van der Waals surface area contributed by atoms with Crippen LogP contribution in [0.2, 0.25) is 5.02 Å². The molecule has 0 unspecified atom stereocenters. The third kappa shape index (κ3) is 9.06. The van der Waals surface area contributed by atoms with Crippen LogP contribution in [0.5, 0.6) is 11.5 Å². The van der Waals surface area contributed by atoms with Crippen molar-refractivity contribution in [3.8, 4) is 11.5 Å². The molecule has 2 aromatic carbocycles. The first kappa shape index (κ1) is 31.1. The third-order valence-electron chi connectivity index (χ3n) is 5.79. The van der Waals surface area contributed by atoms with Crippen molar-refractivity contribution in [2.24, 2.45) is 0 Å². The average Bonchev–Trinajstić information content (AvgIpc) is 3.54. The molecule has 0 aliphatic heterocycles. The number of rotatable bonds is 8. The molecule has 0 fully saturated rings. The van der Waals surface area contributed by atoms with Crippen LogP contribution in [0, 0.1) is 20.2 Å². The maximum atomic E-state index is 10.7. The maximum Gasteiger partial charge on any atom is 0.329 e. The van der Waals surface area contributed by atoms with Crippen molar-refractivity contribution in [1.29, 1.82) is 0 Å². The minimum absolute atomic E-state index is 0.111. The zero-order chi connectivity index (χ0) is 31.1. The minimum atomic E-state index is -0.574. The molecule has 0 atom stereocenters. The largest absolute Gasteiger partial charge is 0.487 e. The van der Waals surface area contributed by atoms with E-state index in [4.69, 9.17) is 21.1 Å². The fourth-order valence-corrected chi connectivity index (χ4v) is 3.84. The third-order valence-corrected chi connectivity index (χ3v) is 6.11. The highest BCUT2D eigenvalue weighted by Gasteiger charge is 2.14. The number of hydrogen-bond donors (Lipinski definition) is 1. The summed E-state index contributed by atoms with van der Waals surface area (Å²) in [5, 5.41) is 20.9. The van der Waals surface area contributed by atoms with Gasteiger partial charge in [0.15, 0.2) is 0 Å². The Bertz CT molecular complexity index is 1800. The van der Waals surface area contributed by atoms with Crippen molar-refractivity contribution in [2.75, 3.05) is 0 Å². The van der Waals surface area contributed by atoms with Gasteiger partial charge in [-0.2, -0.15) is 0 Å². The molecule has 13 heteroatoms. The Morgan fingerprint density at radius 2 is 1.23 bits per heavy atom. The Kier molecular flexibility index (Phi) is 11.3. The predicted molar refractivity (Wildman–Crippen MR) is 164 cm³/mol. The van der Waals surface area contributed by atoms with Crippen molar-refractivity contribution in [3.63, 3.8) is 0 Å². The van der Waals surface area contributed by atoms with Gasteiger partial charge in [-0.15, -0.1) is 0 Å². The molecule has 0 bridgehead atoms. The highest BCUT2D eigenvalue weighted by atomic mass is 35.5. The van der Waals surface area contributed by atoms with Gasteiger partial charge in [0.2, 0.25) is 5.75 Å². The molecular weight excluding hydrogens is 588 g/mol. The monoisotopic (exact) mass is 612 g/mol. The molecule has 0 spiro atoms. The normalized spacial score (nSPS) is 10.0. The molecule has 0 saturated heterocycles. The van der Waals surface area contributed by atoms with Crippen LogP contribution in [0.1, 0.15) is 11.1 Å². The van der Waals surface area contributed by atoms with Gasteiger partial charge in [0.25, 0.3) is 0 Å². The molecule has 44 heavy (non-hydrogen) atoms. The Morgan fingerprint density at radius 3 is 1.80 bits per heavy atom. The number of pyridine rings is 3. The van der Waals surface area contributed by atoms with Crippen LogP contribution in [-0.4, -0.2) is 29.8 Å². The fourth-order valence-electron chi connectivity index (χ4n) is 3.66. The summed E-state index contributed by atoms with van der Waals surface area (Å²) in [6.45, 7) is 0.866. The first-order valence-electron chi connectivity index (χ1n) is 13.0. The highest BCUT2D eigenvalue weighted by molar-refractivity contribution is 6.32. The van der Waals surface area contributed by atoms with Crippen LogP contribution in [0.25, 0.3) is 11.0 Å². The summed E-state index contributed by atoms with van der Waals surface area (Å²) in [5.74, 6) is 1.07. The number of hydrogen-bond acceptors (Lipinski definition) is 9. The zero-order valence-corrected chi connectivity index (χ0v) is 23.8. The van der Waals surface area contributed by atoms with Gasteiger partial charge in [-0.05, 0) is 23.3 Å². The lowest BCUT2D eigenvalue weighted by atomic mass is 10.2. The van der Waals surface area contributed by atoms with Gasteiger partial charge in [-0.1, -0.05) is 72.3 Å². The van der Waals surface area contributed by atoms with Gasteiger partial charge in [-0.25, -0.2) is 0 Å². The van der Waals surface area contributed by atoms with Crippen molar-refractivity contribution in [3.05, 3.63) is 158 Å². The fraction of sp³-hybridized carbons (Fsp3) is 0.0645. The van der Waals surface area contributed by atoms with E-state index in [0.717, 1.165) is 34.1 Å². The van der Waals surface area contributed by atoms with Crippen molar-refractivity contribution in [1.82, 2.24) is 19.9 Å². The van der Waals surface area contributed by atoms with E-state index < -0.39 is 9.85 Å². The first-order chi connectivity index (χ1) is 21.4. The molecule has 4 aromatic heterocycles. The quantitative estimate of drug-likeness (QED) is 0.137. The zero-order valence-electron chi connectivity index (χ0n) is 23.0. The summed E-state index contributed by atoms with van der Waals surface area (Å²) < 4.78 is 11.2. The number of H-pyrrole nitrogens is 1. The van der Waals surface area contributed by atoms with Gasteiger partial charge in [0, 0.05) is 36.9 Å². The maximum absolute atomic E-state index is 10.7. The van der Waals surface area contributed by atoms with E-state index in [1.54, 1.807) is 6.20 Å². The molecule has 6 rings (SSSR count). The molecule has 222 valence electrons. The molecule has 0 radical (unpaired) electrons. The second kappa shape index (κ2) is 15.9. The standard InChI is InChI=1S/C14H12N2O.C12H10N2O3.C5H3ClN2O2/c1-2-4-11(5-3-1)10-17-13-7-9-15-12-6-8-16-14(12)13;15-14(16)11-8-13-7-6-12(11)17-9-10-4-2-1-3-5-10;6-4-1-2-7-3-5(4)8(9)10/h1-9,16H,10H2;1-8H,9H2;1-3H. The molecule has 12 nitrogen and oxygen atoms in total. The number of nitrogens with one attached hydrogen (secondary N) is 1. The Labute approximate surface area is 256 Å². The second-order valence-corrected chi connectivity index (χ2v) is 9.19. The molecule has 0 aliphatic carbocycles. The summed E-state index contributed by atoms with van der Waals surface area (Å²) in [6.07, 6.45) is 8.79. The van der Waals surface area contributed by atoms with Gasteiger partial charge in [0.05, 0.1) is 15.4 Å². The lowest BCUT2D eigenvalue weighted by molar-refractivity contribution is -0.386. The summed E-state index contributed by atoms with van der Waals surface area (Å²) in [5.41, 5.74) is 3.70. The lowest BCUT2D eigenvalue weighted by Gasteiger charge is -2.06. The van der Waals surface area contributed by atoms with Gasteiger partial charge < -0.3 is 14.5 Å².